The van der Waals surface area contributed by atoms with Crippen LogP contribution in [-0.2, 0) is 16.1 Å². The monoisotopic (exact) mass is 421 g/mol. The molecule has 2 saturated heterocycles. The van der Waals surface area contributed by atoms with Crippen molar-refractivity contribution in [3.8, 4) is 0 Å². The summed E-state index contributed by atoms with van der Waals surface area (Å²) in [5.41, 5.74) is 2.04. The number of rotatable bonds is 6. The summed E-state index contributed by atoms with van der Waals surface area (Å²) in [7, 11) is 0. The van der Waals surface area contributed by atoms with Crippen molar-refractivity contribution in [2.45, 2.75) is 51.3 Å². The molecule has 2 aromatic carbocycles. The van der Waals surface area contributed by atoms with Crippen LogP contribution >= 0.6 is 0 Å². The van der Waals surface area contributed by atoms with E-state index in [1.165, 1.54) is 0 Å². The fourth-order valence-corrected chi connectivity index (χ4v) is 4.51. The molecule has 6 nitrogen and oxygen atoms in total. The normalized spacial score (nSPS) is 19.0. The van der Waals surface area contributed by atoms with Crippen LogP contribution in [-0.4, -0.2) is 48.2 Å². The van der Waals surface area contributed by atoms with Crippen LogP contribution in [0.1, 0.15) is 49.0 Å². The maximum atomic E-state index is 13.6. The van der Waals surface area contributed by atoms with E-state index < -0.39 is 5.54 Å². The second kappa shape index (κ2) is 9.10. The van der Waals surface area contributed by atoms with Gasteiger partial charge in [-0.2, -0.15) is 0 Å². The zero-order valence-corrected chi connectivity index (χ0v) is 18.3. The molecule has 0 saturated carbocycles. The number of carbonyl (C=O) groups is 2. The van der Waals surface area contributed by atoms with Crippen molar-refractivity contribution >= 4 is 17.6 Å². The molecule has 2 aromatic rings. The van der Waals surface area contributed by atoms with Crippen molar-refractivity contribution in [2.24, 2.45) is 0 Å². The maximum absolute atomic E-state index is 13.6. The Balaban J connectivity index is 1.56. The lowest BCUT2D eigenvalue weighted by Gasteiger charge is -2.40. The molecule has 6 heteroatoms. The smallest absolute Gasteiger partial charge is 0.338 e. The van der Waals surface area contributed by atoms with Gasteiger partial charge in [0.25, 0.3) is 0 Å². The molecule has 0 bridgehead atoms. The Morgan fingerprint density at radius 3 is 2.58 bits per heavy atom. The molecule has 164 valence electrons. The van der Waals surface area contributed by atoms with E-state index in [2.05, 4.69) is 22.3 Å². The zero-order chi connectivity index (χ0) is 21.8. The second-order valence-corrected chi connectivity index (χ2v) is 8.51. The highest BCUT2D eigenvalue weighted by Crippen LogP contribution is 2.38. The Morgan fingerprint density at radius 2 is 1.87 bits per heavy atom. The number of carbonyl (C=O) groups excluding carboxylic acids is 2. The number of piperidine rings is 1. The summed E-state index contributed by atoms with van der Waals surface area (Å²) in [6.07, 6.45) is 2.24. The summed E-state index contributed by atoms with van der Waals surface area (Å²) < 4.78 is 5.46. The van der Waals surface area contributed by atoms with Crippen molar-refractivity contribution in [1.29, 1.82) is 0 Å². The zero-order valence-electron chi connectivity index (χ0n) is 18.3. The molecule has 31 heavy (non-hydrogen) atoms. The van der Waals surface area contributed by atoms with E-state index in [9.17, 15) is 9.59 Å². The number of anilines is 1. The van der Waals surface area contributed by atoms with Crippen molar-refractivity contribution in [3.63, 3.8) is 0 Å². The van der Waals surface area contributed by atoms with E-state index in [4.69, 9.17) is 4.74 Å². The number of para-hydroxylation sites is 1. The first-order valence-electron chi connectivity index (χ1n) is 11.2. The number of nitrogens with zero attached hydrogens (tertiary/aromatic N) is 2. The number of benzene rings is 2. The van der Waals surface area contributed by atoms with Crippen molar-refractivity contribution in [3.05, 3.63) is 65.7 Å². The predicted molar refractivity (Wildman–Crippen MR) is 121 cm³/mol. The van der Waals surface area contributed by atoms with Crippen molar-refractivity contribution in [2.75, 3.05) is 24.7 Å². The third-order valence-corrected chi connectivity index (χ3v) is 6.43. The predicted octanol–water partition coefficient (Wildman–Crippen LogP) is 3.57. The van der Waals surface area contributed by atoms with Gasteiger partial charge in [0.1, 0.15) is 5.54 Å². The Bertz CT molecular complexity index is 925. The van der Waals surface area contributed by atoms with Crippen LogP contribution in [0.25, 0.3) is 0 Å². The number of ether oxygens (including phenoxy) is 1. The van der Waals surface area contributed by atoms with Crippen LogP contribution in [0, 0.1) is 0 Å². The first kappa shape index (κ1) is 21.4. The van der Waals surface area contributed by atoms with Crippen LogP contribution in [0.2, 0.25) is 0 Å². The second-order valence-electron chi connectivity index (χ2n) is 8.51. The quantitative estimate of drug-likeness (QED) is 0.723. The molecule has 0 aromatic heterocycles. The van der Waals surface area contributed by atoms with Gasteiger partial charge in [-0.05, 0) is 69.1 Å². The molecule has 1 atom stereocenters. The number of hydrogen-bond donors (Lipinski definition) is 1. The van der Waals surface area contributed by atoms with Crippen LogP contribution in [0.3, 0.4) is 0 Å². The summed E-state index contributed by atoms with van der Waals surface area (Å²) >= 11 is 0. The summed E-state index contributed by atoms with van der Waals surface area (Å²) in [6.45, 7) is 6.57. The Morgan fingerprint density at radius 1 is 1.13 bits per heavy atom. The molecule has 0 radical (unpaired) electrons. The van der Waals surface area contributed by atoms with Crippen molar-refractivity contribution in [1.82, 2.24) is 10.2 Å². The van der Waals surface area contributed by atoms with E-state index in [0.29, 0.717) is 18.8 Å². The molecule has 2 aliphatic heterocycles. The van der Waals surface area contributed by atoms with E-state index in [1.807, 2.05) is 55.1 Å². The largest absolute Gasteiger partial charge is 0.459 e. The molecule has 0 aliphatic carbocycles. The Labute approximate surface area is 184 Å². The third-order valence-electron chi connectivity index (χ3n) is 6.43. The lowest BCUT2D eigenvalue weighted by molar-refractivity contribution is -0.133. The average Bonchev–Trinajstić information content (AvgIpc) is 3.06. The van der Waals surface area contributed by atoms with Crippen LogP contribution in [0.4, 0.5) is 5.69 Å². The standard InChI is InChI=1S/C25H31N3O3/c1-3-19(2)31-23(29)21-9-7-8-20(16-21)17-27-18-28(22-10-5-4-6-11-22)25(24(27)30)12-14-26-15-13-25/h4-11,16,19,26H,3,12-15,17-18H2,1-2H3. The summed E-state index contributed by atoms with van der Waals surface area (Å²) in [5.74, 6) is -0.143. The van der Waals surface area contributed by atoms with Crippen LogP contribution in [0.5, 0.6) is 0 Å². The van der Waals surface area contributed by atoms with Gasteiger partial charge in [-0.1, -0.05) is 37.3 Å². The minimum atomic E-state index is -0.500. The molecule has 1 unspecified atom stereocenters. The molecular formula is C25H31N3O3. The first-order valence-corrected chi connectivity index (χ1v) is 11.2. The van der Waals surface area contributed by atoms with Gasteiger partial charge in [-0.25, -0.2) is 4.79 Å². The molecule has 1 N–H and O–H groups in total. The topological polar surface area (TPSA) is 61.9 Å². The average molecular weight is 422 g/mol. The first-order chi connectivity index (χ1) is 15.0. The molecule has 1 spiro atoms. The van der Waals surface area contributed by atoms with Gasteiger partial charge in [-0.15, -0.1) is 0 Å². The fourth-order valence-electron chi connectivity index (χ4n) is 4.51. The lowest BCUT2D eigenvalue weighted by Crippen LogP contribution is -2.55. The third kappa shape index (κ3) is 4.30. The molecule has 4 rings (SSSR count). The van der Waals surface area contributed by atoms with E-state index in [0.717, 1.165) is 43.6 Å². The Kier molecular flexibility index (Phi) is 6.28. The molecule has 2 fully saturated rings. The van der Waals surface area contributed by atoms with E-state index in [1.54, 1.807) is 6.07 Å². The Hall–Kier alpha value is -2.86. The van der Waals surface area contributed by atoms with Crippen LogP contribution < -0.4 is 10.2 Å². The lowest BCUT2D eigenvalue weighted by atomic mass is 9.86. The van der Waals surface area contributed by atoms with Gasteiger partial charge in [0.15, 0.2) is 0 Å². The minimum absolute atomic E-state index is 0.115. The number of esters is 1. The highest BCUT2D eigenvalue weighted by Gasteiger charge is 2.52. The van der Waals surface area contributed by atoms with Gasteiger partial charge >= 0.3 is 5.97 Å². The van der Waals surface area contributed by atoms with E-state index >= 15 is 0 Å². The summed E-state index contributed by atoms with van der Waals surface area (Å²) in [4.78, 5) is 30.2. The molecule has 2 aliphatic rings. The molecule has 2 heterocycles. The van der Waals surface area contributed by atoms with Gasteiger partial charge < -0.3 is 19.9 Å². The number of amides is 1. The highest BCUT2D eigenvalue weighted by molar-refractivity contribution is 5.94. The molecular weight excluding hydrogens is 390 g/mol. The van der Waals surface area contributed by atoms with Gasteiger partial charge in [0.05, 0.1) is 18.3 Å². The van der Waals surface area contributed by atoms with Gasteiger partial charge in [0, 0.05) is 12.2 Å². The fraction of sp³-hybridized carbons (Fsp3) is 0.440. The summed E-state index contributed by atoms with van der Waals surface area (Å²) in [5, 5.41) is 3.38. The number of nitrogens with one attached hydrogen (secondary N) is 1. The van der Waals surface area contributed by atoms with Gasteiger partial charge in [-0.3, -0.25) is 4.79 Å². The molecule has 1 amide bonds. The maximum Gasteiger partial charge on any atom is 0.338 e. The SMILES string of the molecule is CCC(C)OC(=O)c1cccc(CN2CN(c3ccccc3)C3(CCNCC3)C2=O)c1. The summed E-state index contributed by atoms with van der Waals surface area (Å²) in [6, 6.07) is 17.6. The van der Waals surface area contributed by atoms with Crippen LogP contribution in [0.15, 0.2) is 54.6 Å². The van der Waals surface area contributed by atoms with Crippen molar-refractivity contribution < 1.29 is 14.3 Å². The van der Waals surface area contributed by atoms with Gasteiger partial charge in [0.2, 0.25) is 5.91 Å². The number of hydrogen-bond acceptors (Lipinski definition) is 5. The minimum Gasteiger partial charge on any atom is -0.459 e. The van der Waals surface area contributed by atoms with E-state index in [-0.39, 0.29) is 18.0 Å². The highest BCUT2D eigenvalue weighted by atomic mass is 16.5.